The smallest absolute Gasteiger partial charge is 0.261 e. The molecule has 4 rings (SSSR count). The lowest BCUT2D eigenvalue weighted by Gasteiger charge is -2.33. The molecule has 0 aromatic heterocycles. The van der Waals surface area contributed by atoms with Crippen molar-refractivity contribution in [2.24, 2.45) is 0 Å². The number of hydrogen-bond donors (Lipinski definition) is 1. The molecular weight excluding hydrogens is 460 g/mol. The Hall–Kier alpha value is -3.60. The van der Waals surface area contributed by atoms with Crippen LogP contribution in [0.4, 0.5) is 0 Å². The summed E-state index contributed by atoms with van der Waals surface area (Å²) >= 11 is 0. The maximum absolute atomic E-state index is 13.8. The van der Waals surface area contributed by atoms with Gasteiger partial charge in [-0.15, -0.1) is 0 Å². The standard InChI is InChI=1S/C32H38N2O3/c1-24-12-11-16-27(20-24)22-34(31(35)23-37-30-19-10-9-13-25(30)2)29(21-26-14-5-3-6-15-26)32(36)33-28-17-7-4-8-18-28/h3,5-6,9-16,19-20,28-29H,4,7-8,17-18,21-23H2,1-2H3,(H,33,36)/t29-/m1/s1. The topological polar surface area (TPSA) is 58.6 Å². The zero-order valence-electron chi connectivity index (χ0n) is 22.0. The van der Waals surface area contributed by atoms with E-state index in [-0.39, 0.29) is 24.5 Å². The number of carbonyl (C=O) groups is 2. The summed E-state index contributed by atoms with van der Waals surface area (Å²) in [5.41, 5.74) is 4.10. The largest absolute Gasteiger partial charge is 0.484 e. The molecule has 0 aliphatic heterocycles. The number of para-hydroxylation sites is 1. The van der Waals surface area contributed by atoms with Crippen LogP contribution in [0.15, 0.2) is 78.9 Å². The van der Waals surface area contributed by atoms with Gasteiger partial charge in [-0.1, -0.05) is 97.6 Å². The Labute approximate surface area is 220 Å². The van der Waals surface area contributed by atoms with Gasteiger partial charge < -0.3 is 15.0 Å². The van der Waals surface area contributed by atoms with Crippen molar-refractivity contribution in [2.75, 3.05) is 6.61 Å². The first-order valence-corrected chi connectivity index (χ1v) is 13.4. The van der Waals surface area contributed by atoms with E-state index in [0.717, 1.165) is 47.9 Å². The Morgan fingerprint density at radius 2 is 1.59 bits per heavy atom. The predicted molar refractivity (Wildman–Crippen MR) is 147 cm³/mol. The minimum Gasteiger partial charge on any atom is -0.484 e. The summed E-state index contributed by atoms with van der Waals surface area (Å²) in [4.78, 5) is 29.3. The number of hydrogen-bond acceptors (Lipinski definition) is 3. The number of aryl methyl sites for hydroxylation is 2. The zero-order chi connectivity index (χ0) is 26.0. The van der Waals surface area contributed by atoms with Crippen LogP contribution >= 0.6 is 0 Å². The van der Waals surface area contributed by atoms with Crippen molar-refractivity contribution in [3.05, 3.63) is 101 Å². The van der Waals surface area contributed by atoms with Crippen LogP contribution in [-0.2, 0) is 22.6 Å². The highest BCUT2D eigenvalue weighted by atomic mass is 16.5. The second-order valence-corrected chi connectivity index (χ2v) is 10.1. The number of nitrogens with one attached hydrogen (secondary N) is 1. The molecule has 1 aliphatic rings. The van der Waals surface area contributed by atoms with Gasteiger partial charge in [0.1, 0.15) is 11.8 Å². The number of carbonyl (C=O) groups excluding carboxylic acids is 2. The van der Waals surface area contributed by atoms with Crippen LogP contribution in [0.2, 0.25) is 0 Å². The summed E-state index contributed by atoms with van der Waals surface area (Å²) in [6, 6.07) is 25.2. The third kappa shape index (κ3) is 7.69. The lowest BCUT2D eigenvalue weighted by molar-refractivity contribution is -0.143. The highest BCUT2D eigenvalue weighted by Gasteiger charge is 2.32. The summed E-state index contributed by atoms with van der Waals surface area (Å²) < 4.78 is 5.95. The van der Waals surface area contributed by atoms with Gasteiger partial charge in [-0.2, -0.15) is 0 Å². The van der Waals surface area contributed by atoms with Gasteiger partial charge in [-0.05, 0) is 49.4 Å². The van der Waals surface area contributed by atoms with Crippen LogP contribution in [0.1, 0.15) is 54.4 Å². The van der Waals surface area contributed by atoms with Crippen LogP contribution < -0.4 is 10.1 Å². The highest BCUT2D eigenvalue weighted by Crippen LogP contribution is 2.21. The highest BCUT2D eigenvalue weighted by molar-refractivity contribution is 5.88. The first-order chi connectivity index (χ1) is 18.0. The molecule has 0 radical (unpaired) electrons. The number of benzene rings is 3. The monoisotopic (exact) mass is 498 g/mol. The minimum absolute atomic E-state index is 0.0901. The SMILES string of the molecule is Cc1cccc(CN(C(=O)COc2ccccc2C)[C@H](Cc2ccccc2)C(=O)NC2CCCCC2)c1. The number of rotatable bonds is 10. The van der Waals surface area contributed by atoms with Gasteiger partial charge in [0, 0.05) is 19.0 Å². The van der Waals surface area contributed by atoms with E-state index < -0.39 is 6.04 Å². The summed E-state index contributed by atoms with van der Waals surface area (Å²) in [5.74, 6) is 0.384. The van der Waals surface area contributed by atoms with E-state index in [1.54, 1.807) is 4.90 Å². The van der Waals surface area contributed by atoms with Gasteiger partial charge >= 0.3 is 0 Å². The molecule has 0 spiro atoms. The van der Waals surface area contributed by atoms with Crippen molar-refractivity contribution in [1.82, 2.24) is 10.2 Å². The van der Waals surface area contributed by atoms with E-state index in [2.05, 4.69) is 11.4 Å². The van der Waals surface area contributed by atoms with E-state index in [9.17, 15) is 9.59 Å². The molecular formula is C32H38N2O3. The molecule has 0 unspecified atom stereocenters. The van der Waals surface area contributed by atoms with Gasteiger partial charge in [-0.3, -0.25) is 9.59 Å². The molecule has 1 aliphatic carbocycles. The molecule has 5 nitrogen and oxygen atoms in total. The maximum atomic E-state index is 13.8. The zero-order valence-corrected chi connectivity index (χ0v) is 22.0. The maximum Gasteiger partial charge on any atom is 0.261 e. The Balaban J connectivity index is 1.62. The van der Waals surface area contributed by atoms with Crippen molar-refractivity contribution in [1.29, 1.82) is 0 Å². The minimum atomic E-state index is -0.641. The lowest BCUT2D eigenvalue weighted by Crippen LogP contribution is -2.53. The third-order valence-electron chi connectivity index (χ3n) is 7.10. The van der Waals surface area contributed by atoms with Crippen LogP contribution in [-0.4, -0.2) is 35.4 Å². The summed E-state index contributed by atoms with van der Waals surface area (Å²) in [5, 5.41) is 3.28. The van der Waals surface area contributed by atoms with E-state index >= 15 is 0 Å². The van der Waals surface area contributed by atoms with Crippen LogP contribution in [0.5, 0.6) is 5.75 Å². The molecule has 37 heavy (non-hydrogen) atoms. The molecule has 2 amide bonds. The molecule has 5 heteroatoms. The van der Waals surface area contributed by atoms with Gasteiger partial charge in [0.2, 0.25) is 5.91 Å². The van der Waals surface area contributed by atoms with E-state index in [1.165, 1.54) is 6.42 Å². The summed E-state index contributed by atoms with van der Waals surface area (Å²) in [7, 11) is 0. The molecule has 1 N–H and O–H groups in total. The number of amides is 2. The van der Waals surface area contributed by atoms with E-state index in [0.29, 0.717) is 18.7 Å². The first kappa shape index (κ1) is 26.5. The molecule has 0 bridgehead atoms. The molecule has 0 heterocycles. The van der Waals surface area contributed by atoms with Crippen molar-refractivity contribution in [3.63, 3.8) is 0 Å². The predicted octanol–water partition coefficient (Wildman–Crippen LogP) is 5.77. The normalized spacial score (nSPS) is 14.5. The first-order valence-electron chi connectivity index (χ1n) is 13.4. The quantitative estimate of drug-likeness (QED) is 0.386. The fraction of sp³-hybridized carbons (Fsp3) is 0.375. The fourth-order valence-electron chi connectivity index (χ4n) is 5.05. The Bertz CT molecular complexity index is 1170. The van der Waals surface area contributed by atoms with E-state index in [4.69, 9.17) is 4.74 Å². The van der Waals surface area contributed by atoms with Gasteiger partial charge in [0.25, 0.3) is 5.91 Å². The Morgan fingerprint density at radius 3 is 2.32 bits per heavy atom. The molecule has 1 saturated carbocycles. The van der Waals surface area contributed by atoms with Crippen molar-refractivity contribution >= 4 is 11.8 Å². The second kappa shape index (κ2) is 13.1. The molecule has 194 valence electrons. The van der Waals surface area contributed by atoms with Gasteiger partial charge in [0.15, 0.2) is 6.61 Å². The average molecular weight is 499 g/mol. The molecule has 1 fully saturated rings. The van der Waals surface area contributed by atoms with Crippen molar-refractivity contribution in [2.45, 2.75) is 71.0 Å². The lowest BCUT2D eigenvalue weighted by atomic mass is 9.94. The van der Waals surface area contributed by atoms with Gasteiger partial charge in [-0.25, -0.2) is 0 Å². The molecule has 0 saturated heterocycles. The molecule has 3 aromatic carbocycles. The molecule has 1 atom stereocenters. The van der Waals surface area contributed by atoms with Crippen LogP contribution in [0.25, 0.3) is 0 Å². The van der Waals surface area contributed by atoms with Crippen molar-refractivity contribution < 1.29 is 14.3 Å². The summed E-state index contributed by atoms with van der Waals surface area (Å²) in [6.45, 7) is 4.21. The number of ether oxygens (including phenoxy) is 1. The second-order valence-electron chi connectivity index (χ2n) is 10.1. The third-order valence-corrected chi connectivity index (χ3v) is 7.10. The number of nitrogens with zero attached hydrogens (tertiary/aromatic N) is 1. The van der Waals surface area contributed by atoms with Crippen molar-refractivity contribution in [3.8, 4) is 5.75 Å². The van der Waals surface area contributed by atoms with E-state index in [1.807, 2.05) is 86.6 Å². The Morgan fingerprint density at radius 1 is 0.892 bits per heavy atom. The van der Waals surface area contributed by atoms with Crippen LogP contribution in [0.3, 0.4) is 0 Å². The summed E-state index contributed by atoms with van der Waals surface area (Å²) in [6.07, 6.45) is 5.91. The van der Waals surface area contributed by atoms with Crippen LogP contribution in [0, 0.1) is 13.8 Å². The Kier molecular flexibility index (Phi) is 9.36. The molecule has 3 aromatic rings. The van der Waals surface area contributed by atoms with Gasteiger partial charge in [0.05, 0.1) is 0 Å². The average Bonchev–Trinajstić information content (AvgIpc) is 2.91. The fourth-order valence-corrected chi connectivity index (χ4v) is 5.05.